The van der Waals surface area contributed by atoms with E-state index in [1.54, 1.807) is 12.1 Å². The summed E-state index contributed by atoms with van der Waals surface area (Å²) >= 11 is 1.56. The summed E-state index contributed by atoms with van der Waals surface area (Å²) in [4.78, 5) is 25.8. The van der Waals surface area contributed by atoms with Crippen molar-refractivity contribution in [2.45, 2.75) is 193 Å². The number of carbonyl (C=O) groups excluding carboxylic acids is 2. The minimum Gasteiger partial charge on any atom is -0.462 e. The highest BCUT2D eigenvalue weighted by Crippen LogP contribution is 2.18. The normalized spacial score (nSPS) is 11.6. The van der Waals surface area contributed by atoms with E-state index in [2.05, 4.69) is 28.2 Å². The van der Waals surface area contributed by atoms with Crippen molar-refractivity contribution in [2.24, 2.45) is 0 Å². The second-order valence-corrected chi connectivity index (χ2v) is 13.8. The van der Waals surface area contributed by atoms with Gasteiger partial charge in [0.2, 0.25) is 0 Å². The van der Waals surface area contributed by atoms with Crippen LogP contribution in [0.1, 0.15) is 187 Å². The van der Waals surface area contributed by atoms with Crippen LogP contribution in [0.25, 0.3) is 0 Å². The smallest absolute Gasteiger partial charge is 0.306 e. The maximum Gasteiger partial charge on any atom is 0.306 e. The van der Waals surface area contributed by atoms with E-state index < -0.39 is 0 Å². The lowest BCUT2D eigenvalue weighted by Crippen LogP contribution is -2.29. The molecule has 0 aliphatic heterocycles. The Morgan fingerprint density at radius 3 is 1.68 bits per heavy atom. The number of esters is 1. The van der Waals surface area contributed by atoms with Gasteiger partial charge in [-0.15, -0.1) is 0 Å². The van der Waals surface area contributed by atoms with Crippen LogP contribution >= 0.6 is 12.1 Å². The molecule has 262 valence electrons. The average Bonchev–Trinajstić information content (AvgIpc) is 3.02. The first kappa shape index (κ1) is 43.4. The van der Waals surface area contributed by atoms with Gasteiger partial charge in [-0.05, 0) is 84.5 Å². The molecule has 0 unspecified atom stereocenters. The van der Waals surface area contributed by atoms with E-state index in [0.717, 1.165) is 57.9 Å². The fraction of sp³-hybridized carbons (Fsp3) is 0.946. The number of ether oxygens (including phenoxy) is 1. The molecule has 0 spiro atoms. The summed E-state index contributed by atoms with van der Waals surface area (Å²) in [6.45, 7) is 9.04. The zero-order valence-corrected chi connectivity index (χ0v) is 30.5. The molecule has 0 aliphatic rings. The van der Waals surface area contributed by atoms with E-state index in [1.807, 2.05) is 7.05 Å². The molecule has 2 N–H and O–H groups in total. The molecule has 44 heavy (non-hydrogen) atoms. The summed E-state index contributed by atoms with van der Waals surface area (Å²) in [5.41, 5.74) is 0. The molecule has 0 aromatic carbocycles. The Bertz CT molecular complexity index is 580. The van der Waals surface area contributed by atoms with Crippen molar-refractivity contribution in [3.8, 4) is 0 Å². The highest BCUT2D eigenvalue weighted by atomic mass is 32.2. The lowest BCUT2D eigenvalue weighted by Gasteiger charge is -2.22. The summed E-state index contributed by atoms with van der Waals surface area (Å²) in [6.07, 6.45) is 33.0. The average molecular weight is 642 g/mol. The highest BCUT2D eigenvalue weighted by Gasteiger charge is 2.14. The number of carbonyl (C=O) groups is 2. The quantitative estimate of drug-likeness (QED) is 0.0303. The fourth-order valence-electron chi connectivity index (χ4n) is 5.87. The number of hydrogen-bond donors (Lipinski definition) is 2. The molecular formula is C37H75N3O3S. The van der Waals surface area contributed by atoms with E-state index in [4.69, 9.17) is 4.74 Å². The van der Waals surface area contributed by atoms with Gasteiger partial charge in [-0.3, -0.25) is 14.2 Å². The molecule has 7 heteroatoms. The molecule has 0 bridgehead atoms. The third-order valence-electron chi connectivity index (χ3n) is 8.64. The highest BCUT2D eigenvalue weighted by molar-refractivity contribution is 7.95. The zero-order valence-electron chi connectivity index (χ0n) is 29.7. The molecule has 0 aromatic heterocycles. The Hall–Kier alpha value is -0.630. The number of rotatable bonds is 37. The van der Waals surface area contributed by atoms with Gasteiger partial charge in [0.25, 0.3) is 0 Å². The van der Waals surface area contributed by atoms with Crippen molar-refractivity contribution in [2.75, 3.05) is 33.2 Å². The number of unbranched alkanes of at least 4 members (excludes halogenated alkanes) is 19. The minimum absolute atomic E-state index is 0.0364. The molecule has 0 aromatic rings. The summed E-state index contributed by atoms with van der Waals surface area (Å²) in [5, 5.41) is 0. The lowest BCUT2D eigenvalue weighted by atomic mass is 10.0. The molecule has 6 nitrogen and oxygen atoms in total. The molecule has 0 rings (SSSR count). The topological polar surface area (TPSA) is 70.7 Å². The Morgan fingerprint density at radius 2 is 1.14 bits per heavy atom. The molecule has 0 atom stereocenters. The Balaban J connectivity index is 4.22. The van der Waals surface area contributed by atoms with Crippen molar-refractivity contribution < 1.29 is 14.3 Å². The monoisotopic (exact) mass is 642 g/mol. The lowest BCUT2D eigenvalue weighted by molar-refractivity contribution is -0.150. The van der Waals surface area contributed by atoms with Crippen LogP contribution in [0.3, 0.4) is 0 Å². The van der Waals surface area contributed by atoms with Crippen molar-refractivity contribution in [1.82, 2.24) is 14.3 Å². The van der Waals surface area contributed by atoms with Crippen LogP contribution in [0.5, 0.6) is 0 Å². The van der Waals surface area contributed by atoms with Gasteiger partial charge in [-0.2, -0.15) is 0 Å². The van der Waals surface area contributed by atoms with Gasteiger partial charge in [-0.1, -0.05) is 117 Å². The first-order valence-corrected chi connectivity index (χ1v) is 19.9. The predicted molar refractivity (Wildman–Crippen MR) is 193 cm³/mol. The van der Waals surface area contributed by atoms with Gasteiger partial charge in [-0.25, -0.2) is 0 Å². The predicted octanol–water partition coefficient (Wildman–Crippen LogP) is 10.3. The van der Waals surface area contributed by atoms with Gasteiger partial charge in [0.1, 0.15) is 12.4 Å². The van der Waals surface area contributed by atoms with Gasteiger partial charge >= 0.3 is 5.97 Å². The fourth-order valence-corrected chi connectivity index (χ4v) is 6.26. The van der Waals surface area contributed by atoms with Crippen LogP contribution in [0.4, 0.5) is 0 Å². The summed E-state index contributed by atoms with van der Waals surface area (Å²) in [5.74, 6) is 0.0364. The number of nitrogens with one attached hydrogen (secondary N) is 2. The standard InChI is InChI=1S/C37H75N3O3S/c1-4-6-8-10-15-21-28-36(29-22-16-11-9-7-5-2)43-37(42)30-23-17-14-19-25-33-40(34-27-31-39-44-38-3)32-24-18-12-13-20-26-35-41/h35-36,38-39H,4-34H2,1-3H3. The third-order valence-corrected chi connectivity index (χ3v) is 9.19. The van der Waals surface area contributed by atoms with E-state index in [-0.39, 0.29) is 12.1 Å². The van der Waals surface area contributed by atoms with Crippen molar-refractivity contribution in [1.29, 1.82) is 0 Å². The Morgan fingerprint density at radius 1 is 0.659 bits per heavy atom. The van der Waals surface area contributed by atoms with E-state index in [1.165, 1.54) is 135 Å². The van der Waals surface area contributed by atoms with E-state index >= 15 is 0 Å². The van der Waals surface area contributed by atoms with Gasteiger partial charge in [0.15, 0.2) is 0 Å². The van der Waals surface area contributed by atoms with Gasteiger partial charge in [0.05, 0.1) is 0 Å². The largest absolute Gasteiger partial charge is 0.462 e. The molecule has 0 amide bonds. The van der Waals surface area contributed by atoms with Crippen LogP contribution < -0.4 is 9.44 Å². The zero-order chi connectivity index (χ0) is 32.2. The molecule has 0 saturated carbocycles. The second kappa shape index (κ2) is 36.8. The first-order chi connectivity index (χ1) is 21.7. The Kier molecular flexibility index (Phi) is 36.3. The van der Waals surface area contributed by atoms with Crippen LogP contribution in [0.2, 0.25) is 0 Å². The number of hydrogen-bond acceptors (Lipinski definition) is 7. The number of aldehydes is 1. The van der Waals surface area contributed by atoms with Crippen LogP contribution in [-0.2, 0) is 14.3 Å². The number of nitrogens with zero attached hydrogens (tertiary/aromatic N) is 1. The maximum atomic E-state index is 12.7. The third kappa shape index (κ3) is 32.8. The summed E-state index contributed by atoms with van der Waals surface area (Å²) < 4.78 is 12.4. The van der Waals surface area contributed by atoms with Gasteiger partial charge < -0.3 is 14.4 Å². The van der Waals surface area contributed by atoms with Crippen molar-refractivity contribution >= 4 is 24.4 Å². The minimum atomic E-state index is 0.0364. The maximum absolute atomic E-state index is 12.7. The summed E-state index contributed by atoms with van der Waals surface area (Å²) in [7, 11) is 1.94. The SMILES string of the molecule is CCCCCCCCC(CCCCCCCC)OC(=O)CCCCCCCN(CCCCCCCC=O)CCCNSNC. The van der Waals surface area contributed by atoms with Gasteiger partial charge in [0, 0.05) is 31.5 Å². The van der Waals surface area contributed by atoms with Crippen LogP contribution in [0, 0.1) is 0 Å². The summed E-state index contributed by atoms with van der Waals surface area (Å²) in [6, 6.07) is 0. The second-order valence-electron chi connectivity index (χ2n) is 12.9. The molecule has 0 fully saturated rings. The van der Waals surface area contributed by atoms with Crippen molar-refractivity contribution in [3.63, 3.8) is 0 Å². The van der Waals surface area contributed by atoms with Crippen LogP contribution in [0.15, 0.2) is 0 Å². The van der Waals surface area contributed by atoms with E-state index in [0.29, 0.717) is 12.8 Å². The first-order valence-electron chi connectivity index (χ1n) is 19.1. The molecular weight excluding hydrogens is 566 g/mol. The molecule has 0 aliphatic carbocycles. The molecule has 0 heterocycles. The molecule has 0 saturated heterocycles. The van der Waals surface area contributed by atoms with E-state index in [9.17, 15) is 9.59 Å². The van der Waals surface area contributed by atoms with Crippen LogP contribution in [-0.4, -0.2) is 56.5 Å². The Labute approximate surface area is 279 Å². The molecule has 0 radical (unpaired) electrons. The van der Waals surface area contributed by atoms with Crippen molar-refractivity contribution in [3.05, 3.63) is 0 Å².